The molecule has 0 radical (unpaired) electrons. The lowest BCUT2D eigenvalue weighted by Crippen LogP contribution is -1.82. The molecular weight excluding hydrogens is 164 g/mol. The Balaban J connectivity index is 0.000000252. The van der Waals surface area contributed by atoms with Crippen LogP contribution in [0.1, 0.15) is 38.5 Å². The second-order valence-corrected chi connectivity index (χ2v) is 3.01. The smallest absolute Gasteiger partial charge is 0.327 e. The average molecular weight is 182 g/mol. The van der Waals surface area contributed by atoms with Gasteiger partial charge in [-0.3, -0.25) is 0 Å². The summed E-state index contributed by atoms with van der Waals surface area (Å²) in [5.41, 5.74) is 0. The van der Waals surface area contributed by atoms with Crippen LogP contribution < -0.4 is 0 Å². The Morgan fingerprint density at radius 3 is 1.85 bits per heavy atom. The van der Waals surface area contributed by atoms with Gasteiger partial charge in [-0.2, -0.15) is 0 Å². The van der Waals surface area contributed by atoms with Crippen molar-refractivity contribution < 1.29 is 9.90 Å². The van der Waals surface area contributed by atoms with Crippen molar-refractivity contribution in [2.75, 3.05) is 0 Å². The van der Waals surface area contributed by atoms with Crippen molar-refractivity contribution in [2.45, 2.75) is 38.5 Å². The number of allylic oxidation sites excluding steroid dienone is 2. The van der Waals surface area contributed by atoms with Crippen molar-refractivity contribution in [2.24, 2.45) is 0 Å². The van der Waals surface area contributed by atoms with Gasteiger partial charge < -0.3 is 5.11 Å². The van der Waals surface area contributed by atoms with Crippen molar-refractivity contribution in [3.05, 3.63) is 24.8 Å². The Morgan fingerprint density at radius 2 is 1.54 bits per heavy atom. The second-order valence-electron chi connectivity index (χ2n) is 3.01. The van der Waals surface area contributed by atoms with Gasteiger partial charge in [0.15, 0.2) is 0 Å². The monoisotopic (exact) mass is 182 g/mol. The van der Waals surface area contributed by atoms with E-state index >= 15 is 0 Å². The first-order valence-electron chi connectivity index (χ1n) is 4.77. The number of carbonyl (C=O) groups is 1. The van der Waals surface area contributed by atoms with E-state index in [1.807, 2.05) is 0 Å². The molecule has 13 heavy (non-hydrogen) atoms. The third kappa shape index (κ3) is 10.9. The van der Waals surface area contributed by atoms with Crippen molar-refractivity contribution in [3.63, 3.8) is 0 Å². The van der Waals surface area contributed by atoms with Crippen molar-refractivity contribution in [3.8, 4) is 0 Å². The Hall–Kier alpha value is -1.05. The summed E-state index contributed by atoms with van der Waals surface area (Å²) in [5.74, 6) is -0.981. The lowest BCUT2D eigenvalue weighted by Gasteiger charge is -2.00. The first-order chi connectivity index (χ1) is 6.27. The van der Waals surface area contributed by atoms with Crippen LogP contribution in [0, 0.1) is 0 Å². The van der Waals surface area contributed by atoms with Crippen molar-refractivity contribution in [1.82, 2.24) is 0 Å². The van der Waals surface area contributed by atoms with E-state index in [1.54, 1.807) is 0 Å². The van der Waals surface area contributed by atoms with Crippen LogP contribution in [-0.4, -0.2) is 11.1 Å². The van der Waals surface area contributed by atoms with E-state index in [0.29, 0.717) is 0 Å². The van der Waals surface area contributed by atoms with Gasteiger partial charge in [0, 0.05) is 6.08 Å². The summed E-state index contributed by atoms with van der Waals surface area (Å²) in [6.07, 6.45) is 13.8. The molecule has 0 fully saturated rings. The molecule has 0 bridgehead atoms. The first kappa shape index (κ1) is 11.9. The third-order valence-corrected chi connectivity index (χ3v) is 1.83. The van der Waals surface area contributed by atoms with Gasteiger partial charge in [-0.25, -0.2) is 4.79 Å². The average Bonchev–Trinajstić information content (AvgIpc) is 2.04. The Morgan fingerprint density at radius 1 is 1.15 bits per heavy atom. The van der Waals surface area contributed by atoms with Gasteiger partial charge in [0.2, 0.25) is 0 Å². The third-order valence-electron chi connectivity index (χ3n) is 1.83. The zero-order valence-corrected chi connectivity index (χ0v) is 8.04. The van der Waals surface area contributed by atoms with Crippen LogP contribution in [0.2, 0.25) is 0 Å². The summed E-state index contributed by atoms with van der Waals surface area (Å²) in [6, 6.07) is 0. The lowest BCUT2D eigenvalue weighted by atomic mass is 10.1. The number of hydrogen-bond donors (Lipinski definition) is 1. The summed E-state index contributed by atoms with van der Waals surface area (Å²) in [4.78, 5) is 9.25. The molecule has 1 aliphatic carbocycles. The molecule has 0 heterocycles. The molecule has 2 heteroatoms. The van der Waals surface area contributed by atoms with E-state index < -0.39 is 5.97 Å². The summed E-state index contributed by atoms with van der Waals surface area (Å²) in [7, 11) is 0. The quantitative estimate of drug-likeness (QED) is 0.499. The van der Waals surface area contributed by atoms with Crippen molar-refractivity contribution >= 4 is 5.97 Å². The largest absolute Gasteiger partial charge is 0.478 e. The minimum absolute atomic E-state index is 0.833. The summed E-state index contributed by atoms with van der Waals surface area (Å²) in [5, 5.41) is 7.60. The molecule has 0 saturated heterocycles. The van der Waals surface area contributed by atoms with E-state index in [2.05, 4.69) is 18.7 Å². The number of carboxylic acid groups (broad SMARTS) is 1. The van der Waals surface area contributed by atoms with Crippen LogP contribution in [0.5, 0.6) is 0 Å². The zero-order valence-electron chi connectivity index (χ0n) is 8.04. The number of rotatable bonds is 1. The van der Waals surface area contributed by atoms with E-state index in [0.717, 1.165) is 6.08 Å². The normalized spacial score (nSPS) is 16.0. The maximum absolute atomic E-state index is 9.25. The maximum Gasteiger partial charge on any atom is 0.327 e. The summed E-state index contributed by atoms with van der Waals surface area (Å²) < 4.78 is 0. The predicted molar refractivity (Wildman–Crippen MR) is 54.7 cm³/mol. The van der Waals surface area contributed by atoms with Crippen LogP contribution in [-0.2, 0) is 4.79 Å². The molecule has 0 aromatic heterocycles. The molecule has 0 atom stereocenters. The number of aliphatic carboxylic acids is 1. The maximum atomic E-state index is 9.25. The molecule has 1 rings (SSSR count). The second kappa shape index (κ2) is 9.04. The van der Waals surface area contributed by atoms with Crippen LogP contribution in [0.15, 0.2) is 24.8 Å². The molecule has 0 saturated carbocycles. The number of carboxylic acids is 1. The van der Waals surface area contributed by atoms with Crippen LogP contribution in [0.4, 0.5) is 0 Å². The fraction of sp³-hybridized carbons (Fsp3) is 0.545. The van der Waals surface area contributed by atoms with Crippen LogP contribution in [0.3, 0.4) is 0 Å². The Labute approximate surface area is 80.0 Å². The molecule has 0 aromatic carbocycles. The topological polar surface area (TPSA) is 37.3 Å². The highest BCUT2D eigenvalue weighted by Gasteiger charge is 1.89. The van der Waals surface area contributed by atoms with E-state index in [9.17, 15) is 4.79 Å². The van der Waals surface area contributed by atoms with Crippen molar-refractivity contribution in [1.29, 1.82) is 0 Å². The minimum atomic E-state index is -0.981. The van der Waals surface area contributed by atoms with Gasteiger partial charge in [-0.15, -0.1) is 0 Å². The van der Waals surface area contributed by atoms with Gasteiger partial charge in [0.25, 0.3) is 0 Å². The molecule has 74 valence electrons. The summed E-state index contributed by atoms with van der Waals surface area (Å²) in [6.45, 7) is 2.96. The van der Waals surface area contributed by atoms with E-state index in [1.165, 1.54) is 38.5 Å². The fourth-order valence-corrected chi connectivity index (χ4v) is 1.11. The molecule has 0 spiro atoms. The molecular formula is C11H18O2. The molecule has 0 amide bonds. The SMILES string of the molecule is C1=CCCCCCC1.C=CC(=O)O. The van der Waals surface area contributed by atoms with Gasteiger partial charge in [-0.1, -0.05) is 31.6 Å². The highest BCUT2D eigenvalue weighted by atomic mass is 16.4. The molecule has 1 aliphatic rings. The predicted octanol–water partition coefficient (Wildman–Crippen LogP) is 3.15. The fourth-order valence-electron chi connectivity index (χ4n) is 1.11. The molecule has 2 nitrogen and oxygen atoms in total. The highest BCUT2D eigenvalue weighted by molar-refractivity contribution is 5.78. The van der Waals surface area contributed by atoms with Gasteiger partial charge in [-0.05, 0) is 25.7 Å². The Kier molecular flexibility index (Phi) is 8.31. The standard InChI is InChI=1S/C8H14.C3H4O2/c1-2-4-6-8-7-5-3-1;1-2-3(4)5/h1-2H,3-8H2;2H,1H2,(H,4,5). The van der Waals surface area contributed by atoms with Crippen LogP contribution in [0.25, 0.3) is 0 Å². The first-order valence-corrected chi connectivity index (χ1v) is 4.77. The zero-order chi connectivity index (χ0) is 9.94. The van der Waals surface area contributed by atoms with E-state index in [-0.39, 0.29) is 0 Å². The molecule has 0 aromatic rings. The van der Waals surface area contributed by atoms with Gasteiger partial charge in [0.05, 0.1) is 0 Å². The van der Waals surface area contributed by atoms with E-state index in [4.69, 9.17) is 5.11 Å². The lowest BCUT2D eigenvalue weighted by molar-refractivity contribution is -0.131. The molecule has 1 N–H and O–H groups in total. The van der Waals surface area contributed by atoms with Gasteiger partial charge in [0.1, 0.15) is 0 Å². The van der Waals surface area contributed by atoms with Crippen LogP contribution >= 0.6 is 0 Å². The molecule has 0 aliphatic heterocycles. The Bertz CT molecular complexity index is 161. The molecule has 0 unspecified atom stereocenters. The number of hydrogen-bond acceptors (Lipinski definition) is 1. The minimum Gasteiger partial charge on any atom is -0.478 e. The van der Waals surface area contributed by atoms with Gasteiger partial charge >= 0.3 is 5.97 Å². The summed E-state index contributed by atoms with van der Waals surface area (Å²) >= 11 is 0. The highest BCUT2D eigenvalue weighted by Crippen LogP contribution is 2.09.